The van der Waals surface area contributed by atoms with E-state index in [2.05, 4.69) is 4.43 Å². The first kappa shape index (κ1) is 8.80. The van der Waals surface area contributed by atoms with E-state index in [0.717, 1.165) is 0 Å². The van der Waals surface area contributed by atoms with Crippen molar-refractivity contribution in [1.29, 1.82) is 0 Å². The maximum Gasteiger partial charge on any atom is 0.671 e. The fraction of sp³-hybridized carbons (Fsp3) is 0.500. The largest absolute Gasteiger partial charge is 0.671 e. The van der Waals surface area contributed by atoms with Gasteiger partial charge in [0, 0.05) is 0 Å². The molecule has 0 atom stereocenters. The molecule has 0 heterocycles. The second-order valence-corrected chi connectivity index (χ2v) is 2.89. The SMILES string of the molecule is CC=CCO[Si](O)(O)O. The normalized spacial score (nSPS) is 12.9. The van der Waals surface area contributed by atoms with Gasteiger partial charge in [0.25, 0.3) is 0 Å². The Morgan fingerprint density at radius 3 is 2.33 bits per heavy atom. The van der Waals surface area contributed by atoms with E-state index < -0.39 is 9.05 Å². The van der Waals surface area contributed by atoms with Crippen molar-refractivity contribution in [2.75, 3.05) is 6.61 Å². The van der Waals surface area contributed by atoms with Crippen molar-refractivity contribution in [1.82, 2.24) is 0 Å². The minimum Gasteiger partial charge on any atom is -0.368 e. The molecule has 0 aromatic heterocycles. The summed E-state index contributed by atoms with van der Waals surface area (Å²) in [6.45, 7) is 1.80. The van der Waals surface area contributed by atoms with Gasteiger partial charge in [0.1, 0.15) is 0 Å². The third kappa shape index (κ3) is 7.80. The van der Waals surface area contributed by atoms with E-state index in [1.54, 1.807) is 19.1 Å². The van der Waals surface area contributed by atoms with Crippen molar-refractivity contribution < 1.29 is 18.8 Å². The number of hydrogen-bond acceptors (Lipinski definition) is 4. The second-order valence-electron chi connectivity index (χ2n) is 1.45. The minimum atomic E-state index is -4.25. The van der Waals surface area contributed by atoms with Gasteiger partial charge in [-0.15, -0.1) is 0 Å². The van der Waals surface area contributed by atoms with E-state index in [4.69, 9.17) is 14.4 Å². The highest BCUT2D eigenvalue weighted by atomic mass is 28.4. The standard InChI is InChI=1S/C4H10O4Si/c1-2-3-4-8-9(5,6)7/h2-3,5-7H,4H2,1H3. The first-order valence-corrected chi connectivity index (χ1v) is 4.23. The molecule has 4 nitrogen and oxygen atoms in total. The second kappa shape index (κ2) is 3.75. The van der Waals surface area contributed by atoms with Gasteiger partial charge in [0.15, 0.2) is 0 Å². The molecule has 0 fully saturated rings. The zero-order chi connectivity index (χ0) is 7.33. The lowest BCUT2D eigenvalue weighted by molar-refractivity contribution is 0.0745. The Bertz CT molecular complexity index is 95.2. The molecular formula is C4H10O4Si. The summed E-state index contributed by atoms with van der Waals surface area (Å²) in [5, 5.41) is 0. The van der Waals surface area contributed by atoms with Crippen molar-refractivity contribution in [3.05, 3.63) is 12.2 Å². The third-order valence-corrected chi connectivity index (χ3v) is 1.16. The van der Waals surface area contributed by atoms with Gasteiger partial charge in [-0.3, -0.25) is 0 Å². The molecule has 0 radical (unpaired) electrons. The minimum absolute atomic E-state index is 0.0340. The molecular weight excluding hydrogens is 140 g/mol. The molecule has 0 unspecified atom stereocenters. The van der Waals surface area contributed by atoms with Crippen LogP contribution in [0.15, 0.2) is 12.2 Å². The van der Waals surface area contributed by atoms with Crippen LogP contribution < -0.4 is 0 Å². The first-order valence-electron chi connectivity index (χ1n) is 2.48. The Morgan fingerprint density at radius 2 is 2.00 bits per heavy atom. The van der Waals surface area contributed by atoms with Gasteiger partial charge in [-0.25, -0.2) is 0 Å². The summed E-state index contributed by atoms with van der Waals surface area (Å²) in [7, 11) is -4.25. The molecule has 0 bridgehead atoms. The maximum atomic E-state index is 8.24. The van der Waals surface area contributed by atoms with Crippen molar-refractivity contribution in [2.24, 2.45) is 0 Å². The highest BCUT2D eigenvalue weighted by Crippen LogP contribution is 1.87. The molecule has 0 amide bonds. The summed E-state index contributed by atoms with van der Waals surface area (Å²) in [6.07, 6.45) is 3.24. The summed E-state index contributed by atoms with van der Waals surface area (Å²) in [5.41, 5.74) is 0. The van der Waals surface area contributed by atoms with Crippen LogP contribution in [0.25, 0.3) is 0 Å². The van der Waals surface area contributed by atoms with Crippen molar-refractivity contribution in [2.45, 2.75) is 6.92 Å². The highest BCUT2D eigenvalue weighted by molar-refractivity contribution is 6.48. The average Bonchev–Trinajstić information content (AvgIpc) is 1.63. The van der Waals surface area contributed by atoms with Crippen LogP contribution in [-0.4, -0.2) is 30.0 Å². The van der Waals surface area contributed by atoms with Gasteiger partial charge in [0.05, 0.1) is 6.61 Å². The summed E-state index contributed by atoms with van der Waals surface area (Å²) in [5.74, 6) is 0. The van der Waals surface area contributed by atoms with E-state index in [-0.39, 0.29) is 6.61 Å². The molecule has 3 N–H and O–H groups in total. The van der Waals surface area contributed by atoms with E-state index in [1.165, 1.54) is 0 Å². The molecule has 9 heavy (non-hydrogen) atoms. The number of hydrogen-bond donors (Lipinski definition) is 3. The summed E-state index contributed by atoms with van der Waals surface area (Å²) < 4.78 is 4.19. The lowest BCUT2D eigenvalue weighted by atomic mass is 10.6. The molecule has 0 aromatic carbocycles. The number of rotatable bonds is 3. The Balaban J connectivity index is 3.28. The predicted octanol–water partition coefficient (Wildman–Crippen LogP) is -1.01. The fourth-order valence-corrected chi connectivity index (χ4v) is 0.576. The van der Waals surface area contributed by atoms with Gasteiger partial charge in [0.2, 0.25) is 0 Å². The predicted molar refractivity (Wildman–Crippen MR) is 33.2 cm³/mol. The molecule has 0 saturated heterocycles. The van der Waals surface area contributed by atoms with Crippen molar-refractivity contribution in [3.8, 4) is 0 Å². The van der Waals surface area contributed by atoms with E-state index in [0.29, 0.717) is 0 Å². The van der Waals surface area contributed by atoms with Crippen LogP contribution in [0.5, 0.6) is 0 Å². The molecule has 0 spiro atoms. The Morgan fingerprint density at radius 1 is 1.44 bits per heavy atom. The van der Waals surface area contributed by atoms with Gasteiger partial charge >= 0.3 is 9.05 Å². The molecule has 0 rings (SSSR count). The van der Waals surface area contributed by atoms with Crippen molar-refractivity contribution in [3.63, 3.8) is 0 Å². The Hall–Kier alpha value is -0.203. The lowest BCUT2D eigenvalue weighted by Gasteiger charge is -2.06. The van der Waals surface area contributed by atoms with E-state index in [1.807, 2.05) is 0 Å². The van der Waals surface area contributed by atoms with Crippen LogP contribution in [0.3, 0.4) is 0 Å². The van der Waals surface area contributed by atoms with Gasteiger partial charge in [-0.2, -0.15) is 0 Å². The van der Waals surface area contributed by atoms with Crippen LogP contribution in [0.4, 0.5) is 0 Å². The third-order valence-electron chi connectivity index (χ3n) is 0.609. The molecule has 5 heteroatoms. The van der Waals surface area contributed by atoms with Crippen LogP contribution >= 0.6 is 0 Å². The van der Waals surface area contributed by atoms with Crippen LogP contribution in [0, 0.1) is 0 Å². The average molecular weight is 150 g/mol. The zero-order valence-corrected chi connectivity index (χ0v) is 6.11. The quantitative estimate of drug-likeness (QED) is 0.356. The molecule has 54 valence electrons. The number of allylic oxidation sites excluding steroid dienone is 1. The van der Waals surface area contributed by atoms with Crippen molar-refractivity contribution >= 4 is 9.05 Å². The smallest absolute Gasteiger partial charge is 0.368 e. The monoisotopic (exact) mass is 150 g/mol. The zero-order valence-electron chi connectivity index (χ0n) is 5.11. The Kier molecular flexibility index (Phi) is 3.67. The van der Waals surface area contributed by atoms with Gasteiger partial charge < -0.3 is 18.8 Å². The molecule has 0 aliphatic heterocycles. The van der Waals surface area contributed by atoms with Gasteiger partial charge in [-0.1, -0.05) is 12.2 Å². The van der Waals surface area contributed by atoms with E-state index >= 15 is 0 Å². The molecule has 0 saturated carbocycles. The summed E-state index contributed by atoms with van der Waals surface area (Å²) in [4.78, 5) is 24.7. The molecule has 0 aliphatic rings. The van der Waals surface area contributed by atoms with Crippen LogP contribution in [0.1, 0.15) is 6.92 Å². The van der Waals surface area contributed by atoms with Gasteiger partial charge in [-0.05, 0) is 6.92 Å². The molecule has 0 aromatic rings. The summed E-state index contributed by atoms with van der Waals surface area (Å²) in [6, 6.07) is 0. The van der Waals surface area contributed by atoms with Crippen LogP contribution in [0.2, 0.25) is 0 Å². The Labute approximate surface area is 54.5 Å². The topological polar surface area (TPSA) is 69.9 Å². The fourth-order valence-electron chi connectivity index (χ4n) is 0.256. The molecule has 0 aliphatic carbocycles. The van der Waals surface area contributed by atoms with E-state index in [9.17, 15) is 0 Å². The van der Waals surface area contributed by atoms with Crippen LogP contribution in [-0.2, 0) is 4.43 Å². The summed E-state index contributed by atoms with van der Waals surface area (Å²) >= 11 is 0. The first-order chi connectivity index (χ1) is 4.06. The maximum absolute atomic E-state index is 8.24. The lowest BCUT2D eigenvalue weighted by Crippen LogP contribution is -2.38. The highest BCUT2D eigenvalue weighted by Gasteiger charge is 2.29.